The van der Waals surface area contributed by atoms with Gasteiger partial charge in [0.25, 0.3) is 5.91 Å². The highest BCUT2D eigenvalue weighted by molar-refractivity contribution is 7.18. The molecule has 28 heavy (non-hydrogen) atoms. The summed E-state index contributed by atoms with van der Waals surface area (Å²) < 4.78 is 10.4. The minimum Gasteiger partial charge on any atom is -0.462 e. The van der Waals surface area contributed by atoms with Crippen molar-refractivity contribution >= 4 is 34.2 Å². The summed E-state index contributed by atoms with van der Waals surface area (Å²) in [5, 5.41) is 3.04. The second-order valence-corrected chi connectivity index (χ2v) is 7.76. The highest BCUT2D eigenvalue weighted by Crippen LogP contribution is 2.35. The Kier molecular flexibility index (Phi) is 7.34. The number of carbonyl (C=O) groups excluding carboxylic acids is 3. The van der Waals surface area contributed by atoms with Gasteiger partial charge in [-0.2, -0.15) is 0 Å². The highest BCUT2D eigenvalue weighted by Gasteiger charge is 2.28. The van der Waals surface area contributed by atoms with Crippen molar-refractivity contribution in [1.82, 2.24) is 0 Å². The van der Waals surface area contributed by atoms with Gasteiger partial charge in [-0.05, 0) is 43.9 Å². The Morgan fingerprint density at radius 1 is 1.07 bits per heavy atom. The average molecular weight is 404 g/mol. The predicted molar refractivity (Wildman–Crippen MR) is 109 cm³/mol. The van der Waals surface area contributed by atoms with Gasteiger partial charge in [-0.1, -0.05) is 32.0 Å². The molecule has 1 N–H and O–H groups in total. The summed E-state index contributed by atoms with van der Waals surface area (Å²) in [5.41, 5.74) is 1.93. The first kappa shape index (κ1) is 21.6. The van der Waals surface area contributed by atoms with Crippen molar-refractivity contribution in [1.29, 1.82) is 0 Å². The second kappa shape index (κ2) is 9.50. The maximum atomic E-state index is 12.7. The number of anilines is 1. The van der Waals surface area contributed by atoms with Gasteiger partial charge in [-0.15, -0.1) is 11.3 Å². The summed E-state index contributed by atoms with van der Waals surface area (Å²) in [5.74, 6) is -1.27. The second-order valence-electron chi connectivity index (χ2n) is 6.74. The van der Waals surface area contributed by atoms with Crippen molar-refractivity contribution in [2.45, 2.75) is 34.6 Å². The SMILES string of the molecule is CCOC(=O)c1c(NC(=O)c2ccccc2C)sc(C(=O)OCC(C)C)c1C. The van der Waals surface area contributed by atoms with Crippen LogP contribution in [0.25, 0.3) is 0 Å². The maximum absolute atomic E-state index is 12.7. The summed E-state index contributed by atoms with van der Waals surface area (Å²) >= 11 is 1.02. The van der Waals surface area contributed by atoms with E-state index in [0.717, 1.165) is 16.9 Å². The molecule has 150 valence electrons. The number of benzene rings is 1. The molecule has 0 aliphatic rings. The highest BCUT2D eigenvalue weighted by atomic mass is 32.1. The van der Waals surface area contributed by atoms with Crippen molar-refractivity contribution in [3.05, 3.63) is 51.4 Å². The molecule has 0 aliphatic carbocycles. The third kappa shape index (κ3) is 4.98. The van der Waals surface area contributed by atoms with Gasteiger partial charge in [0.2, 0.25) is 0 Å². The molecule has 0 fully saturated rings. The molecule has 0 atom stereocenters. The number of amides is 1. The Morgan fingerprint density at radius 3 is 2.36 bits per heavy atom. The summed E-state index contributed by atoms with van der Waals surface area (Å²) in [4.78, 5) is 37.9. The van der Waals surface area contributed by atoms with Crippen LogP contribution in [0.3, 0.4) is 0 Å². The summed E-state index contributed by atoms with van der Waals surface area (Å²) in [6.45, 7) is 9.51. The number of rotatable bonds is 7. The van der Waals surface area contributed by atoms with E-state index < -0.39 is 11.9 Å². The van der Waals surface area contributed by atoms with Gasteiger partial charge in [0, 0.05) is 5.56 Å². The average Bonchev–Trinajstić information content (AvgIpc) is 2.96. The summed E-state index contributed by atoms with van der Waals surface area (Å²) in [6, 6.07) is 7.14. The topological polar surface area (TPSA) is 81.7 Å². The number of hydrogen-bond acceptors (Lipinski definition) is 6. The molecule has 2 aromatic rings. The molecule has 1 aromatic heterocycles. The van der Waals surface area contributed by atoms with Crippen molar-refractivity contribution in [3.63, 3.8) is 0 Å². The van der Waals surface area contributed by atoms with Crippen LogP contribution in [0.15, 0.2) is 24.3 Å². The lowest BCUT2D eigenvalue weighted by atomic mass is 10.1. The molecule has 0 radical (unpaired) electrons. The van der Waals surface area contributed by atoms with E-state index in [9.17, 15) is 14.4 Å². The van der Waals surface area contributed by atoms with Crippen LogP contribution in [0.2, 0.25) is 0 Å². The zero-order chi connectivity index (χ0) is 20.8. The first-order valence-corrected chi connectivity index (χ1v) is 9.92. The molecular formula is C21H25NO5S. The molecule has 2 rings (SSSR count). The van der Waals surface area contributed by atoms with Gasteiger partial charge in [-0.3, -0.25) is 4.79 Å². The zero-order valence-electron chi connectivity index (χ0n) is 16.8. The molecule has 1 aromatic carbocycles. The Labute approximate surface area is 168 Å². The van der Waals surface area contributed by atoms with Crippen LogP contribution in [-0.4, -0.2) is 31.1 Å². The number of esters is 2. The van der Waals surface area contributed by atoms with Crippen LogP contribution in [0, 0.1) is 19.8 Å². The Morgan fingerprint density at radius 2 is 1.75 bits per heavy atom. The lowest BCUT2D eigenvalue weighted by Crippen LogP contribution is -2.15. The fourth-order valence-corrected chi connectivity index (χ4v) is 3.64. The molecule has 0 aliphatic heterocycles. The van der Waals surface area contributed by atoms with Crippen LogP contribution >= 0.6 is 11.3 Å². The quantitative estimate of drug-likeness (QED) is 0.683. The van der Waals surface area contributed by atoms with Gasteiger partial charge >= 0.3 is 11.9 Å². The molecule has 0 saturated carbocycles. The number of aryl methyl sites for hydroxylation is 1. The largest absolute Gasteiger partial charge is 0.462 e. The van der Waals surface area contributed by atoms with E-state index in [-0.39, 0.29) is 40.5 Å². The van der Waals surface area contributed by atoms with Gasteiger partial charge in [0.1, 0.15) is 9.88 Å². The van der Waals surface area contributed by atoms with E-state index in [1.54, 1.807) is 26.0 Å². The minimum atomic E-state index is -0.584. The smallest absolute Gasteiger partial charge is 0.348 e. The van der Waals surface area contributed by atoms with Crippen LogP contribution in [-0.2, 0) is 9.47 Å². The normalized spacial score (nSPS) is 10.6. The standard InChI is InChI=1S/C21H25NO5S/c1-6-26-20(24)16-14(5)17(21(25)27-11-12(2)3)28-19(16)22-18(23)15-10-8-7-9-13(15)4/h7-10,12H,6,11H2,1-5H3,(H,22,23). The fourth-order valence-electron chi connectivity index (χ4n) is 2.55. The molecule has 0 unspecified atom stereocenters. The lowest BCUT2D eigenvalue weighted by Gasteiger charge is -2.08. The summed E-state index contributed by atoms with van der Waals surface area (Å²) in [6.07, 6.45) is 0. The number of carbonyl (C=O) groups is 3. The van der Waals surface area contributed by atoms with Crippen molar-refractivity contribution in [3.8, 4) is 0 Å². The van der Waals surface area contributed by atoms with Crippen LogP contribution in [0.1, 0.15) is 62.3 Å². The Hall–Kier alpha value is -2.67. The van der Waals surface area contributed by atoms with E-state index in [1.807, 2.05) is 32.9 Å². The molecule has 0 saturated heterocycles. The fraction of sp³-hybridized carbons (Fsp3) is 0.381. The third-order valence-corrected chi connectivity index (χ3v) is 5.16. The summed E-state index contributed by atoms with van der Waals surface area (Å²) in [7, 11) is 0. The van der Waals surface area contributed by atoms with Gasteiger partial charge < -0.3 is 14.8 Å². The van der Waals surface area contributed by atoms with Crippen LogP contribution in [0.5, 0.6) is 0 Å². The number of hydrogen-bond donors (Lipinski definition) is 1. The molecule has 0 spiro atoms. The van der Waals surface area contributed by atoms with E-state index in [2.05, 4.69) is 5.32 Å². The van der Waals surface area contributed by atoms with Gasteiger partial charge in [0.05, 0.1) is 18.8 Å². The first-order chi connectivity index (χ1) is 13.3. The van der Waals surface area contributed by atoms with E-state index >= 15 is 0 Å². The molecule has 7 heteroatoms. The number of ether oxygens (including phenoxy) is 2. The van der Waals surface area contributed by atoms with Crippen LogP contribution < -0.4 is 5.32 Å². The predicted octanol–water partition coefficient (Wildman–Crippen LogP) is 4.61. The van der Waals surface area contributed by atoms with Gasteiger partial charge in [-0.25, -0.2) is 9.59 Å². The minimum absolute atomic E-state index is 0.185. The lowest BCUT2D eigenvalue weighted by molar-refractivity contribution is 0.0464. The van der Waals surface area contributed by atoms with Gasteiger partial charge in [0.15, 0.2) is 0 Å². The number of nitrogens with one attached hydrogen (secondary N) is 1. The molecule has 1 amide bonds. The Balaban J connectivity index is 2.39. The number of thiophene rings is 1. The first-order valence-electron chi connectivity index (χ1n) is 9.10. The molecule has 1 heterocycles. The van der Waals surface area contributed by atoms with Crippen molar-refractivity contribution < 1.29 is 23.9 Å². The monoisotopic (exact) mass is 403 g/mol. The Bertz CT molecular complexity index is 885. The third-order valence-electron chi connectivity index (χ3n) is 3.98. The van der Waals surface area contributed by atoms with E-state index in [0.29, 0.717) is 11.1 Å². The van der Waals surface area contributed by atoms with Crippen LogP contribution in [0.4, 0.5) is 5.00 Å². The van der Waals surface area contributed by atoms with Crippen molar-refractivity contribution in [2.24, 2.45) is 5.92 Å². The van der Waals surface area contributed by atoms with E-state index in [1.165, 1.54) is 0 Å². The van der Waals surface area contributed by atoms with Crippen molar-refractivity contribution in [2.75, 3.05) is 18.5 Å². The molecule has 6 nitrogen and oxygen atoms in total. The molecule has 0 bridgehead atoms. The molecular weight excluding hydrogens is 378 g/mol. The zero-order valence-corrected chi connectivity index (χ0v) is 17.6. The van der Waals surface area contributed by atoms with E-state index in [4.69, 9.17) is 9.47 Å². The maximum Gasteiger partial charge on any atom is 0.348 e.